The zero-order chi connectivity index (χ0) is 20.8. The van der Waals surface area contributed by atoms with Crippen LogP contribution in [0.25, 0.3) is 0 Å². The van der Waals surface area contributed by atoms with Crippen LogP contribution in [0.2, 0.25) is 0 Å². The van der Waals surface area contributed by atoms with Crippen molar-refractivity contribution in [3.63, 3.8) is 0 Å². The number of aromatic nitrogens is 5. The van der Waals surface area contributed by atoms with Gasteiger partial charge in [-0.1, -0.05) is 0 Å². The minimum Gasteiger partial charge on any atom is -0.337 e. The molecule has 1 aliphatic heterocycles. The predicted octanol–water partition coefficient (Wildman–Crippen LogP) is 1.23. The molecule has 2 aromatic heterocycles. The number of hydrogen-bond acceptors (Lipinski definition) is 5. The first-order valence-electron chi connectivity index (χ1n) is 9.29. The summed E-state index contributed by atoms with van der Waals surface area (Å²) in [4.78, 5) is 30.4. The van der Waals surface area contributed by atoms with Gasteiger partial charge in [-0.15, -0.1) is 5.10 Å². The fraction of sp³-hybridized carbons (Fsp3) is 0.588. The number of alkyl halides is 3. The van der Waals surface area contributed by atoms with Crippen LogP contribution in [0.15, 0.2) is 18.6 Å². The molecule has 2 aliphatic rings. The van der Waals surface area contributed by atoms with E-state index in [0.717, 1.165) is 0 Å². The van der Waals surface area contributed by atoms with E-state index in [1.165, 1.54) is 15.9 Å². The van der Waals surface area contributed by atoms with Crippen molar-refractivity contribution in [2.45, 2.75) is 44.6 Å². The molecule has 0 spiro atoms. The third-order valence-electron chi connectivity index (χ3n) is 5.48. The molecule has 1 atom stereocenters. The molecule has 12 heteroatoms. The van der Waals surface area contributed by atoms with Gasteiger partial charge in [0, 0.05) is 26.2 Å². The number of likely N-dealkylation sites (N-methyl/N-ethyl adjacent to an activating group) is 1. The van der Waals surface area contributed by atoms with Crippen LogP contribution in [0.4, 0.5) is 19.0 Å². The van der Waals surface area contributed by atoms with Crippen molar-refractivity contribution in [2.24, 2.45) is 11.8 Å². The average molecular weight is 411 g/mol. The normalized spacial score (nSPS) is 24.6. The highest BCUT2D eigenvalue weighted by molar-refractivity contribution is 6.00. The Bertz CT molecular complexity index is 916. The van der Waals surface area contributed by atoms with E-state index < -0.39 is 24.0 Å². The first-order valence-corrected chi connectivity index (χ1v) is 9.29. The monoisotopic (exact) mass is 411 g/mol. The van der Waals surface area contributed by atoms with E-state index in [1.807, 2.05) is 0 Å². The molecule has 29 heavy (non-hydrogen) atoms. The lowest BCUT2D eigenvalue weighted by Gasteiger charge is -2.36. The summed E-state index contributed by atoms with van der Waals surface area (Å²) in [6.45, 7) is 0.742. The largest absolute Gasteiger partial charge is 0.391 e. The number of carbonyl (C=O) groups is 2. The van der Waals surface area contributed by atoms with Crippen LogP contribution in [0.1, 0.15) is 29.9 Å². The van der Waals surface area contributed by atoms with Crippen molar-refractivity contribution in [3.05, 3.63) is 24.4 Å². The topological polar surface area (TPSA) is 97.9 Å². The summed E-state index contributed by atoms with van der Waals surface area (Å²) < 4.78 is 40.8. The van der Waals surface area contributed by atoms with Crippen LogP contribution < -0.4 is 10.2 Å². The van der Waals surface area contributed by atoms with E-state index in [1.54, 1.807) is 24.0 Å². The molecular weight excluding hydrogens is 391 g/mol. The van der Waals surface area contributed by atoms with Crippen molar-refractivity contribution >= 4 is 17.6 Å². The number of anilines is 1. The van der Waals surface area contributed by atoms with Crippen LogP contribution in [-0.2, 0) is 17.9 Å². The molecular formula is C17H20F3N7O2. The first-order chi connectivity index (χ1) is 13.7. The van der Waals surface area contributed by atoms with Gasteiger partial charge in [-0.3, -0.25) is 19.2 Å². The van der Waals surface area contributed by atoms with E-state index in [2.05, 4.69) is 20.5 Å². The maximum absolute atomic E-state index is 12.6. The van der Waals surface area contributed by atoms with Gasteiger partial charge in [0.15, 0.2) is 0 Å². The Labute approximate surface area is 163 Å². The summed E-state index contributed by atoms with van der Waals surface area (Å²) >= 11 is 0. The molecule has 156 valence electrons. The molecule has 2 aromatic rings. The molecule has 2 amide bonds. The Morgan fingerprint density at radius 3 is 2.83 bits per heavy atom. The molecule has 1 aliphatic carbocycles. The molecule has 1 saturated carbocycles. The molecule has 9 nitrogen and oxygen atoms in total. The third kappa shape index (κ3) is 3.83. The van der Waals surface area contributed by atoms with E-state index >= 15 is 0 Å². The second-order valence-corrected chi connectivity index (χ2v) is 7.49. The van der Waals surface area contributed by atoms with Crippen LogP contribution in [-0.4, -0.2) is 55.6 Å². The van der Waals surface area contributed by atoms with Gasteiger partial charge in [0.05, 0.1) is 12.1 Å². The summed E-state index contributed by atoms with van der Waals surface area (Å²) in [6.07, 6.45) is -0.741. The van der Waals surface area contributed by atoms with E-state index in [0.29, 0.717) is 18.8 Å². The molecule has 3 heterocycles. The molecule has 1 N–H and O–H groups in total. The van der Waals surface area contributed by atoms with E-state index in [-0.39, 0.29) is 37.0 Å². The van der Waals surface area contributed by atoms with Crippen molar-refractivity contribution in [1.82, 2.24) is 29.9 Å². The number of nitrogens with zero attached hydrogens (tertiary/aromatic N) is 6. The summed E-state index contributed by atoms with van der Waals surface area (Å²) in [5.74, 6) is -1.74. The quantitative estimate of drug-likeness (QED) is 0.816. The van der Waals surface area contributed by atoms with Gasteiger partial charge < -0.3 is 5.32 Å². The first kappa shape index (κ1) is 19.4. The highest BCUT2D eigenvalue weighted by Crippen LogP contribution is 2.45. The Hall–Kier alpha value is -2.92. The van der Waals surface area contributed by atoms with Crippen molar-refractivity contribution < 1.29 is 22.8 Å². The van der Waals surface area contributed by atoms with E-state index in [9.17, 15) is 22.8 Å². The van der Waals surface area contributed by atoms with Gasteiger partial charge in [0.2, 0.25) is 5.82 Å². The smallest absolute Gasteiger partial charge is 0.337 e. The number of halogens is 3. The highest BCUT2D eigenvalue weighted by Gasteiger charge is 2.47. The molecule has 0 radical (unpaired) electrons. The summed E-state index contributed by atoms with van der Waals surface area (Å²) in [5, 5.41) is 10.8. The van der Waals surface area contributed by atoms with Gasteiger partial charge >= 0.3 is 6.18 Å². The molecule has 0 bridgehead atoms. The number of carbonyl (C=O) groups excluding carboxylic acids is 2. The molecule has 0 unspecified atom stereocenters. The van der Waals surface area contributed by atoms with Crippen molar-refractivity contribution in [2.75, 3.05) is 11.9 Å². The number of amides is 2. The molecule has 1 fully saturated rings. The maximum Gasteiger partial charge on any atom is 0.391 e. The fourth-order valence-electron chi connectivity index (χ4n) is 3.76. The number of fused-ring (bicyclic) bond motifs is 1. The Kier molecular flexibility index (Phi) is 4.79. The number of rotatable bonds is 4. The Balaban J connectivity index is 1.34. The Morgan fingerprint density at radius 2 is 2.10 bits per heavy atom. The predicted molar refractivity (Wildman–Crippen MR) is 93.8 cm³/mol. The zero-order valence-electron chi connectivity index (χ0n) is 15.6. The van der Waals surface area contributed by atoms with Gasteiger partial charge in [-0.25, -0.2) is 9.67 Å². The highest BCUT2D eigenvalue weighted by atomic mass is 19.4. The summed E-state index contributed by atoms with van der Waals surface area (Å²) in [5.41, 5.74) is 0. The average Bonchev–Trinajstić information content (AvgIpc) is 3.26. The summed E-state index contributed by atoms with van der Waals surface area (Å²) in [7, 11) is 1.61. The van der Waals surface area contributed by atoms with Crippen molar-refractivity contribution in [1.29, 1.82) is 0 Å². The minimum atomic E-state index is -4.15. The lowest BCUT2D eigenvalue weighted by Crippen LogP contribution is -2.47. The van der Waals surface area contributed by atoms with Crippen LogP contribution in [0.5, 0.6) is 0 Å². The van der Waals surface area contributed by atoms with Gasteiger partial charge in [-0.05, 0) is 25.2 Å². The fourth-order valence-corrected chi connectivity index (χ4v) is 3.76. The van der Waals surface area contributed by atoms with Crippen LogP contribution >= 0.6 is 0 Å². The number of nitrogens with one attached hydrogen (secondary N) is 1. The maximum atomic E-state index is 12.6. The standard InChI is InChI=1S/C17H20F3N7O2/c1-25-13-2-4-22-27(13)5-3-12(16(25)29)23-15(28)14-21-9-26(24-14)8-10-6-11(7-10)17(18,19)20/h2,4,9-12H,3,5-8H2,1H3,(H,23,28)/t10-,11-,12-/m0/s1. The summed E-state index contributed by atoms with van der Waals surface area (Å²) in [6, 6.07) is 0.968. The van der Waals surface area contributed by atoms with Crippen LogP contribution in [0.3, 0.4) is 0 Å². The third-order valence-corrected chi connectivity index (χ3v) is 5.48. The molecule has 0 saturated heterocycles. The van der Waals surface area contributed by atoms with Crippen LogP contribution in [0, 0.1) is 11.8 Å². The number of hydrogen-bond donors (Lipinski definition) is 1. The molecule has 4 rings (SSSR count). The SMILES string of the molecule is CN1C(=O)[C@@H](NC(=O)c2ncn(C[C@H]3C[C@H](C(F)(F)F)C3)n2)CCn2nccc21. The van der Waals surface area contributed by atoms with Gasteiger partial charge in [0.1, 0.15) is 18.2 Å². The lowest BCUT2D eigenvalue weighted by atomic mass is 9.74. The van der Waals surface area contributed by atoms with Gasteiger partial charge in [0.25, 0.3) is 11.8 Å². The lowest BCUT2D eigenvalue weighted by molar-refractivity contribution is -0.205. The Morgan fingerprint density at radius 1 is 1.34 bits per heavy atom. The van der Waals surface area contributed by atoms with Gasteiger partial charge in [-0.2, -0.15) is 18.3 Å². The second kappa shape index (κ2) is 7.16. The zero-order valence-corrected chi connectivity index (χ0v) is 15.6. The molecule has 0 aromatic carbocycles. The number of aryl methyl sites for hydroxylation is 1. The van der Waals surface area contributed by atoms with Crippen molar-refractivity contribution in [3.8, 4) is 0 Å². The van der Waals surface area contributed by atoms with E-state index in [4.69, 9.17) is 0 Å². The minimum absolute atomic E-state index is 0.0582. The second-order valence-electron chi connectivity index (χ2n) is 7.49.